The van der Waals surface area contributed by atoms with Gasteiger partial charge >= 0.3 is 0 Å². The number of hydrogen-bond donors (Lipinski definition) is 1. The maximum atomic E-state index is 10.4. The molecule has 0 aliphatic carbocycles. The molecule has 0 spiro atoms. The molecule has 0 atom stereocenters. The fourth-order valence-electron chi connectivity index (χ4n) is 1.14. The number of nitrogens with two attached hydrogens (primary N) is 1. The largest absolute Gasteiger partial charge is 0.366 e. The number of amides is 1. The molecule has 0 radical (unpaired) electrons. The molecule has 2 rings (SSSR count). The highest BCUT2D eigenvalue weighted by Gasteiger charge is 1.93. The molecule has 0 aliphatic heterocycles. The number of benzene rings is 2. The third kappa shape index (κ3) is 4.42. The maximum Gasteiger partial charge on any atom is 0.248 e. The second-order valence-corrected chi connectivity index (χ2v) is 3.38. The van der Waals surface area contributed by atoms with Crippen molar-refractivity contribution in [2.45, 2.75) is 6.92 Å². The van der Waals surface area contributed by atoms with Gasteiger partial charge in [-0.05, 0) is 19.1 Å². The van der Waals surface area contributed by atoms with Crippen molar-refractivity contribution in [1.29, 1.82) is 0 Å². The molecule has 2 heteroatoms. The van der Waals surface area contributed by atoms with E-state index in [0.29, 0.717) is 5.56 Å². The van der Waals surface area contributed by atoms with Crippen molar-refractivity contribution in [3.63, 3.8) is 0 Å². The summed E-state index contributed by atoms with van der Waals surface area (Å²) in [6.45, 7) is 2.08. The number of aryl methyl sites for hydroxylation is 1. The van der Waals surface area contributed by atoms with Gasteiger partial charge < -0.3 is 5.73 Å². The first-order chi connectivity index (χ1) is 7.70. The monoisotopic (exact) mass is 213 g/mol. The normalized spacial score (nSPS) is 8.81. The van der Waals surface area contributed by atoms with Crippen LogP contribution >= 0.6 is 0 Å². The van der Waals surface area contributed by atoms with Gasteiger partial charge in [0.05, 0.1) is 0 Å². The summed E-state index contributed by atoms with van der Waals surface area (Å²) in [4.78, 5) is 10.4. The van der Waals surface area contributed by atoms with E-state index >= 15 is 0 Å². The van der Waals surface area contributed by atoms with Crippen molar-refractivity contribution in [3.05, 3.63) is 71.8 Å². The minimum absolute atomic E-state index is 0.379. The van der Waals surface area contributed by atoms with E-state index in [-0.39, 0.29) is 5.91 Å². The molecule has 0 saturated carbocycles. The minimum atomic E-state index is -0.379. The zero-order valence-corrected chi connectivity index (χ0v) is 9.26. The van der Waals surface area contributed by atoms with Crippen molar-refractivity contribution in [1.82, 2.24) is 0 Å². The molecular formula is C14H15NO. The Kier molecular flexibility index (Phi) is 4.80. The molecule has 2 nitrogen and oxygen atoms in total. The summed E-state index contributed by atoms with van der Waals surface area (Å²) in [6.07, 6.45) is 0. The number of rotatable bonds is 1. The van der Waals surface area contributed by atoms with E-state index in [1.54, 1.807) is 24.3 Å². The van der Waals surface area contributed by atoms with Gasteiger partial charge in [-0.15, -0.1) is 0 Å². The van der Waals surface area contributed by atoms with Crippen LogP contribution in [0.3, 0.4) is 0 Å². The van der Waals surface area contributed by atoms with Crippen LogP contribution in [0.15, 0.2) is 60.7 Å². The van der Waals surface area contributed by atoms with E-state index in [2.05, 4.69) is 19.1 Å². The van der Waals surface area contributed by atoms with Crippen molar-refractivity contribution in [3.8, 4) is 0 Å². The Morgan fingerprint density at radius 3 is 1.56 bits per heavy atom. The van der Waals surface area contributed by atoms with Gasteiger partial charge in [0.15, 0.2) is 0 Å². The Hall–Kier alpha value is -2.09. The standard InChI is InChI=1S/C7H7NO.C7H8/c8-7(9)6-4-2-1-3-5-6;1-7-5-3-2-4-6-7/h1-5H,(H2,8,9);2-6H,1H3. The predicted molar refractivity (Wildman–Crippen MR) is 66.1 cm³/mol. The van der Waals surface area contributed by atoms with Crippen LogP contribution in [0.25, 0.3) is 0 Å². The Labute approximate surface area is 95.7 Å². The zero-order valence-electron chi connectivity index (χ0n) is 9.26. The molecule has 0 heterocycles. The first-order valence-corrected chi connectivity index (χ1v) is 5.06. The van der Waals surface area contributed by atoms with Crippen molar-refractivity contribution in [2.24, 2.45) is 5.73 Å². The Morgan fingerprint density at radius 2 is 1.31 bits per heavy atom. The van der Waals surface area contributed by atoms with Gasteiger partial charge in [0.25, 0.3) is 0 Å². The molecule has 0 aliphatic rings. The summed E-state index contributed by atoms with van der Waals surface area (Å²) < 4.78 is 0. The van der Waals surface area contributed by atoms with Gasteiger partial charge in [-0.25, -0.2) is 0 Å². The average molecular weight is 213 g/mol. The van der Waals surface area contributed by atoms with Crippen molar-refractivity contribution >= 4 is 5.91 Å². The summed E-state index contributed by atoms with van der Waals surface area (Å²) in [5, 5.41) is 0. The van der Waals surface area contributed by atoms with Gasteiger partial charge in [-0.2, -0.15) is 0 Å². The van der Waals surface area contributed by atoms with Crippen LogP contribution < -0.4 is 5.73 Å². The van der Waals surface area contributed by atoms with Crippen LogP contribution in [0.4, 0.5) is 0 Å². The van der Waals surface area contributed by atoms with Crippen LogP contribution in [-0.4, -0.2) is 5.91 Å². The van der Waals surface area contributed by atoms with E-state index in [1.807, 2.05) is 24.3 Å². The molecule has 0 saturated heterocycles. The second kappa shape index (κ2) is 6.40. The topological polar surface area (TPSA) is 43.1 Å². The zero-order chi connectivity index (χ0) is 11.8. The van der Waals surface area contributed by atoms with Gasteiger partial charge in [0.1, 0.15) is 0 Å². The average Bonchev–Trinajstić information content (AvgIpc) is 2.32. The van der Waals surface area contributed by atoms with E-state index < -0.39 is 0 Å². The molecule has 1 amide bonds. The van der Waals surface area contributed by atoms with E-state index in [9.17, 15) is 4.79 Å². The molecule has 2 N–H and O–H groups in total. The van der Waals surface area contributed by atoms with Gasteiger partial charge in [0, 0.05) is 5.56 Å². The lowest BCUT2D eigenvalue weighted by Crippen LogP contribution is -2.09. The molecule has 0 unspecified atom stereocenters. The highest BCUT2D eigenvalue weighted by molar-refractivity contribution is 5.92. The highest BCUT2D eigenvalue weighted by atomic mass is 16.1. The smallest absolute Gasteiger partial charge is 0.248 e. The minimum Gasteiger partial charge on any atom is -0.366 e. The molecule has 0 bridgehead atoms. The lowest BCUT2D eigenvalue weighted by atomic mass is 10.2. The number of carbonyl (C=O) groups excluding carboxylic acids is 1. The Balaban J connectivity index is 0.000000165. The summed E-state index contributed by atoms with van der Waals surface area (Å²) in [6, 6.07) is 19.0. The number of carbonyl (C=O) groups is 1. The summed E-state index contributed by atoms with van der Waals surface area (Å²) >= 11 is 0. The van der Waals surface area contributed by atoms with Crippen LogP contribution in [0.2, 0.25) is 0 Å². The fourth-order valence-corrected chi connectivity index (χ4v) is 1.14. The van der Waals surface area contributed by atoms with Crippen molar-refractivity contribution < 1.29 is 4.79 Å². The Morgan fingerprint density at radius 1 is 0.875 bits per heavy atom. The molecule has 0 fully saturated rings. The molecule has 2 aromatic carbocycles. The highest BCUT2D eigenvalue weighted by Crippen LogP contribution is 1.94. The van der Waals surface area contributed by atoms with Crippen LogP contribution in [0.1, 0.15) is 15.9 Å². The lowest BCUT2D eigenvalue weighted by molar-refractivity contribution is 0.100. The third-order valence-corrected chi connectivity index (χ3v) is 2.00. The maximum absolute atomic E-state index is 10.4. The molecule has 0 aromatic heterocycles. The molecule has 16 heavy (non-hydrogen) atoms. The van der Waals surface area contributed by atoms with Gasteiger partial charge in [-0.3, -0.25) is 4.79 Å². The summed E-state index contributed by atoms with van der Waals surface area (Å²) in [7, 11) is 0. The number of hydrogen-bond acceptors (Lipinski definition) is 1. The van der Waals surface area contributed by atoms with Crippen LogP contribution in [0.5, 0.6) is 0 Å². The van der Waals surface area contributed by atoms with Crippen molar-refractivity contribution in [2.75, 3.05) is 0 Å². The summed E-state index contributed by atoms with van der Waals surface area (Å²) in [5.41, 5.74) is 6.85. The summed E-state index contributed by atoms with van der Waals surface area (Å²) in [5.74, 6) is -0.379. The SMILES string of the molecule is Cc1ccccc1.NC(=O)c1ccccc1. The predicted octanol–water partition coefficient (Wildman–Crippen LogP) is 2.78. The fraction of sp³-hybridized carbons (Fsp3) is 0.0714. The third-order valence-electron chi connectivity index (χ3n) is 2.00. The lowest BCUT2D eigenvalue weighted by Gasteiger charge is -1.89. The first kappa shape index (κ1) is 12.0. The number of primary amides is 1. The van der Waals surface area contributed by atoms with Crippen LogP contribution in [-0.2, 0) is 0 Å². The Bertz CT molecular complexity index is 423. The van der Waals surface area contributed by atoms with E-state index in [4.69, 9.17) is 5.73 Å². The van der Waals surface area contributed by atoms with E-state index in [0.717, 1.165) is 0 Å². The first-order valence-electron chi connectivity index (χ1n) is 5.06. The quantitative estimate of drug-likeness (QED) is 0.777. The van der Waals surface area contributed by atoms with E-state index in [1.165, 1.54) is 5.56 Å². The second-order valence-electron chi connectivity index (χ2n) is 3.38. The van der Waals surface area contributed by atoms with Gasteiger partial charge in [-0.1, -0.05) is 54.1 Å². The molecular weight excluding hydrogens is 198 g/mol. The van der Waals surface area contributed by atoms with Gasteiger partial charge in [0.2, 0.25) is 5.91 Å². The van der Waals surface area contributed by atoms with Crippen LogP contribution in [0, 0.1) is 6.92 Å². The molecule has 2 aromatic rings. The molecule has 82 valence electrons.